The summed E-state index contributed by atoms with van der Waals surface area (Å²) in [6.07, 6.45) is 0. The highest BCUT2D eigenvalue weighted by Crippen LogP contribution is 2.33. The largest absolute Gasteiger partial charge is 0.464 e. The first-order valence-corrected chi connectivity index (χ1v) is 6.91. The Bertz CT molecular complexity index is 791. The summed E-state index contributed by atoms with van der Waals surface area (Å²) in [4.78, 5) is 4.32. The van der Waals surface area contributed by atoms with E-state index in [2.05, 4.69) is 4.98 Å². The van der Waals surface area contributed by atoms with Crippen LogP contribution in [-0.2, 0) is 0 Å². The van der Waals surface area contributed by atoms with Crippen LogP contribution in [0.5, 0.6) is 0 Å². The van der Waals surface area contributed by atoms with E-state index < -0.39 is 0 Å². The summed E-state index contributed by atoms with van der Waals surface area (Å²) in [5.74, 6) is 2.08. The summed E-state index contributed by atoms with van der Waals surface area (Å²) in [5.41, 5.74) is 7.57. The molecule has 1 atom stereocenters. The van der Waals surface area contributed by atoms with Gasteiger partial charge >= 0.3 is 0 Å². The molecule has 0 fully saturated rings. The van der Waals surface area contributed by atoms with Crippen molar-refractivity contribution in [3.8, 4) is 0 Å². The lowest BCUT2D eigenvalue weighted by atomic mass is 10.2. The molecule has 0 aliphatic carbocycles. The number of fused-ring (bicyclic) bond motifs is 1. The van der Waals surface area contributed by atoms with E-state index in [9.17, 15) is 0 Å². The van der Waals surface area contributed by atoms with Crippen LogP contribution in [0.25, 0.3) is 11.0 Å². The molecule has 0 bridgehead atoms. The Balaban J connectivity index is 2.20. The normalized spacial score (nSPS) is 13.0. The Labute approximate surface area is 126 Å². The van der Waals surface area contributed by atoms with E-state index in [1.54, 1.807) is 12.1 Å². The molecule has 3 rings (SSSR count). The zero-order valence-corrected chi connectivity index (χ0v) is 12.5. The van der Waals surface area contributed by atoms with Crippen molar-refractivity contribution >= 4 is 40.2 Å². The molecule has 6 heteroatoms. The molecule has 3 aromatic rings. The van der Waals surface area contributed by atoms with Crippen molar-refractivity contribution < 1.29 is 4.42 Å². The van der Waals surface area contributed by atoms with Gasteiger partial charge in [-0.3, -0.25) is 4.57 Å². The summed E-state index contributed by atoms with van der Waals surface area (Å²) in [7, 11) is 0. The number of nitrogens with two attached hydrogens (primary N) is 1. The van der Waals surface area contributed by atoms with Crippen LogP contribution in [0.15, 0.2) is 28.7 Å². The lowest BCUT2D eigenvalue weighted by Gasteiger charge is -2.13. The van der Waals surface area contributed by atoms with Gasteiger partial charge in [-0.2, -0.15) is 0 Å². The molecule has 20 heavy (non-hydrogen) atoms. The number of imidazole rings is 1. The highest BCUT2D eigenvalue weighted by Gasteiger charge is 2.19. The first-order chi connectivity index (χ1) is 9.47. The van der Waals surface area contributed by atoms with E-state index >= 15 is 0 Å². The van der Waals surface area contributed by atoms with Gasteiger partial charge in [-0.05, 0) is 38.1 Å². The molecule has 104 valence electrons. The average molecular weight is 310 g/mol. The summed E-state index contributed by atoms with van der Waals surface area (Å²) >= 11 is 12.1. The van der Waals surface area contributed by atoms with E-state index in [4.69, 9.17) is 33.4 Å². The van der Waals surface area contributed by atoms with Crippen LogP contribution in [0.3, 0.4) is 0 Å². The van der Waals surface area contributed by atoms with E-state index in [0.717, 1.165) is 17.0 Å². The first kappa shape index (κ1) is 13.3. The third-order valence-corrected chi connectivity index (χ3v) is 4.04. The molecule has 1 unspecified atom stereocenters. The number of nitrogens with zero attached hydrogens (tertiary/aromatic N) is 2. The zero-order chi connectivity index (χ0) is 14.4. The van der Waals surface area contributed by atoms with Gasteiger partial charge in [0.05, 0.1) is 27.1 Å². The van der Waals surface area contributed by atoms with Crippen molar-refractivity contribution in [2.75, 3.05) is 5.73 Å². The molecule has 0 spiro atoms. The van der Waals surface area contributed by atoms with Gasteiger partial charge in [0, 0.05) is 0 Å². The van der Waals surface area contributed by atoms with E-state index in [-0.39, 0.29) is 6.04 Å². The third-order valence-electron chi connectivity index (χ3n) is 3.32. The maximum absolute atomic E-state index is 6.09. The fourth-order valence-electron chi connectivity index (χ4n) is 2.32. The number of anilines is 1. The number of halogens is 2. The van der Waals surface area contributed by atoms with E-state index in [1.165, 1.54) is 0 Å². The minimum Gasteiger partial charge on any atom is -0.464 e. The number of rotatable bonds is 2. The predicted octanol–water partition coefficient (Wildman–Crippen LogP) is 4.44. The van der Waals surface area contributed by atoms with E-state index in [1.807, 2.05) is 30.5 Å². The second-order valence-corrected chi connectivity index (χ2v) is 5.53. The minimum absolute atomic E-state index is 0.0778. The van der Waals surface area contributed by atoms with Crippen LogP contribution < -0.4 is 5.73 Å². The van der Waals surface area contributed by atoms with Gasteiger partial charge in [-0.15, -0.1) is 0 Å². The van der Waals surface area contributed by atoms with Crippen LogP contribution in [0, 0.1) is 6.92 Å². The lowest BCUT2D eigenvalue weighted by molar-refractivity contribution is 0.435. The molecule has 0 aliphatic heterocycles. The second-order valence-electron chi connectivity index (χ2n) is 4.72. The number of nitrogen functional groups attached to an aromatic ring is 1. The number of aryl methyl sites for hydroxylation is 1. The Kier molecular flexibility index (Phi) is 3.15. The molecule has 1 aromatic carbocycles. The Morgan fingerprint density at radius 2 is 1.95 bits per heavy atom. The molecule has 4 nitrogen and oxygen atoms in total. The van der Waals surface area contributed by atoms with Crippen LogP contribution in [0.4, 0.5) is 5.95 Å². The lowest BCUT2D eigenvalue weighted by Crippen LogP contribution is -2.09. The highest BCUT2D eigenvalue weighted by atomic mass is 35.5. The summed E-state index contributed by atoms with van der Waals surface area (Å²) in [6.45, 7) is 3.90. The molecule has 2 aromatic heterocycles. The standard InChI is InChI=1S/C14H13Cl2N3O/c1-7-3-4-13(20-7)8(2)19-12-6-10(16)9(15)5-11(12)18-14(19)17/h3-6,8H,1-2H3,(H2,17,18). The van der Waals surface area contributed by atoms with Gasteiger partial charge in [0.2, 0.25) is 5.95 Å². The molecular weight excluding hydrogens is 297 g/mol. The number of hydrogen-bond donors (Lipinski definition) is 1. The minimum atomic E-state index is -0.0778. The fourth-order valence-corrected chi connectivity index (χ4v) is 2.64. The number of hydrogen-bond acceptors (Lipinski definition) is 3. The van der Waals surface area contributed by atoms with Crippen molar-refractivity contribution in [1.29, 1.82) is 0 Å². The average Bonchev–Trinajstić information content (AvgIpc) is 2.93. The SMILES string of the molecule is Cc1ccc(C(C)n2c(N)nc3cc(Cl)c(Cl)cc32)o1. The fraction of sp³-hybridized carbons (Fsp3) is 0.214. The summed E-state index contributed by atoms with van der Waals surface area (Å²) < 4.78 is 7.55. The van der Waals surface area contributed by atoms with Gasteiger partial charge in [-0.1, -0.05) is 23.2 Å². The van der Waals surface area contributed by atoms with Crippen molar-refractivity contribution in [3.63, 3.8) is 0 Å². The second kappa shape index (κ2) is 4.72. The van der Waals surface area contributed by atoms with Crippen LogP contribution in [-0.4, -0.2) is 9.55 Å². The van der Waals surface area contributed by atoms with E-state index in [0.29, 0.717) is 21.5 Å². The van der Waals surface area contributed by atoms with Gasteiger partial charge in [0.25, 0.3) is 0 Å². The first-order valence-electron chi connectivity index (χ1n) is 6.16. The molecule has 0 radical (unpaired) electrons. The molecule has 0 saturated heterocycles. The Morgan fingerprint density at radius 3 is 2.60 bits per heavy atom. The van der Waals surface area contributed by atoms with Gasteiger partial charge in [0.15, 0.2) is 0 Å². The Morgan fingerprint density at radius 1 is 1.25 bits per heavy atom. The molecule has 0 aliphatic rings. The molecule has 0 amide bonds. The number of aromatic nitrogens is 2. The topological polar surface area (TPSA) is 57.0 Å². The van der Waals surface area contributed by atoms with Crippen molar-refractivity contribution in [2.24, 2.45) is 0 Å². The van der Waals surface area contributed by atoms with Gasteiger partial charge in [0.1, 0.15) is 11.5 Å². The molecule has 0 saturated carbocycles. The summed E-state index contributed by atoms with van der Waals surface area (Å²) in [5, 5.41) is 0.938. The Hall–Kier alpha value is -1.65. The molecule has 2 heterocycles. The quantitative estimate of drug-likeness (QED) is 0.761. The van der Waals surface area contributed by atoms with Gasteiger partial charge in [-0.25, -0.2) is 4.98 Å². The highest BCUT2D eigenvalue weighted by molar-refractivity contribution is 6.42. The maximum Gasteiger partial charge on any atom is 0.201 e. The maximum atomic E-state index is 6.09. The number of benzene rings is 1. The van der Waals surface area contributed by atoms with Crippen LogP contribution in [0.1, 0.15) is 24.5 Å². The van der Waals surface area contributed by atoms with Crippen molar-refractivity contribution in [1.82, 2.24) is 9.55 Å². The summed E-state index contributed by atoms with van der Waals surface area (Å²) in [6, 6.07) is 7.26. The number of furan rings is 1. The monoisotopic (exact) mass is 309 g/mol. The van der Waals surface area contributed by atoms with Crippen molar-refractivity contribution in [2.45, 2.75) is 19.9 Å². The predicted molar refractivity (Wildman–Crippen MR) is 81.4 cm³/mol. The third kappa shape index (κ3) is 2.05. The smallest absolute Gasteiger partial charge is 0.201 e. The van der Waals surface area contributed by atoms with Crippen molar-refractivity contribution in [3.05, 3.63) is 45.8 Å². The zero-order valence-electron chi connectivity index (χ0n) is 11.0. The van der Waals surface area contributed by atoms with Crippen LogP contribution >= 0.6 is 23.2 Å². The van der Waals surface area contributed by atoms with Gasteiger partial charge < -0.3 is 10.2 Å². The van der Waals surface area contributed by atoms with Crippen LogP contribution in [0.2, 0.25) is 10.0 Å². The molecular formula is C14H13Cl2N3O. The molecule has 2 N–H and O–H groups in total.